The highest BCUT2D eigenvalue weighted by Gasteiger charge is 2.10. The maximum Gasteiger partial charge on any atom is 0.175 e. The Labute approximate surface area is 90.8 Å². The maximum absolute atomic E-state index is 11.1. The molecule has 0 N–H and O–H groups in total. The fraction of sp³-hybridized carbons (Fsp3) is 0.400. The molecule has 0 unspecified atom stereocenters. The highest BCUT2D eigenvalue weighted by molar-refractivity contribution is 7.90. The lowest BCUT2D eigenvalue weighted by atomic mass is 10.2. The normalized spacial score (nSPS) is 10.4. The van der Waals surface area contributed by atoms with Crippen molar-refractivity contribution in [2.75, 3.05) is 6.26 Å². The van der Waals surface area contributed by atoms with Gasteiger partial charge >= 0.3 is 0 Å². The first-order chi connectivity index (χ1) is 6.41. The van der Waals surface area contributed by atoms with Gasteiger partial charge in [-0.15, -0.1) is 0 Å². The van der Waals surface area contributed by atoms with Gasteiger partial charge in [0, 0.05) is 11.3 Å². The topological polar surface area (TPSA) is 34.1 Å². The molecule has 0 saturated carbocycles. The van der Waals surface area contributed by atoms with E-state index >= 15 is 0 Å². The van der Waals surface area contributed by atoms with Crippen molar-refractivity contribution in [3.05, 3.63) is 28.8 Å². The Balaban J connectivity index is 0.000000791. The minimum absolute atomic E-state index is 0.301. The van der Waals surface area contributed by atoms with Crippen LogP contribution < -0.4 is 0 Å². The molecule has 0 fully saturated rings. The van der Waals surface area contributed by atoms with Crippen LogP contribution in [0.25, 0.3) is 0 Å². The van der Waals surface area contributed by atoms with Gasteiger partial charge in [0.15, 0.2) is 9.84 Å². The van der Waals surface area contributed by atoms with E-state index in [2.05, 4.69) is 0 Å². The van der Waals surface area contributed by atoms with Crippen molar-refractivity contribution >= 4 is 21.4 Å². The molecule has 80 valence electrons. The van der Waals surface area contributed by atoms with Gasteiger partial charge in [-0.25, -0.2) is 8.42 Å². The van der Waals surface area contributed by atoms with Crippen LogP contribution in [0.1, 0.15) is 19.4 Å². The highest BCUT2D eigenvalue weighted by Crippen LogP contribution is 2.19. The SMILES string of the molecule is CC.Cc1ccc(Cl)cc1S(C)(=O)=O. The predicted molar refractivity (Wildman–Crippen MR) is 60.6 cm³/mol. The molecule has 14 heavy (non-hydrogen) atoms. The fourth-order valence-corrected chi connectivity index (χ4v) is 2.20. The summed E-state index contributed by atoms with van der Waals surface area (Å²) in [5.41, 5.74) is 0.724. The molecule has 0 aliphatic carbocycles. The molecule has 0 radical (unpaired) electrons. The second-order valence-electron chi connectivity index (χ2n) is 2.68. The summed E-state index contributed by atoms with van der Waals surface area (Å²) in [6, 6.07) is 4.83. The summed E-state index contributed by atoms with van der Waals surface area (Å²) in [7, 11) is -3.14. The average molecular weight is 235 g/mol. The van der Waals surface area contributed by atoms with E-state index in [9.17, 15) is 8.42 Å². The van der Waals surface area contributed by atoms with Crippen molar-refractivity contribution < 1.29 is 8.42 Å². The maximum atomic E-state index is 11.1. The molecule has 1 aromatic rings. The van der Waals surface area contributed by atoms with Crippen LogP contribution in [0, 0.1) is 6.92 Å². The molecule has 0 spiro atoms. The first-order valence-electron chi connectivity index (χ1n) is 4.37. The van der Waals surface area contributed by atoms with E-state index in [1.807, 2.05) is 13.8 Å². The second kappa shape index (κ2) is 5.37. The second-order valence-corrected chi connectivity index (χ2v) is 5.10. The van der Waals surface area contributed by atoms with E-state index in [1.54, 1.807) is 19.1 Å². The summed E-state index contributed by atoms with van der Waals surface area (Å²) in [5.74, 6) is 0. The fourth-order valence-electron chi connectivity index (χ4n) is 0.973. The minimum Gasteiger partial charge on any atom is -0.224 e. The third-order valence-corrected chi connectivity index (χ3v) is 3.02. The van der Waals surface area contributed by atoms with Crippen molar-refractivity contribution in [2.45, 2.75) is 25.7 Å². The molecule has 0 amide bonds. The number of sulfone groups is 1. The predicted octanol–water partition coefficient (Wildman–Crippen LogP) is 3.08. The average Bonchev–Trinajstić information content (AvgIpc) is 2.11. The number of halogens is 1. The molecule has 0 aliphatic rings. The van der Waals surface area contributed by atoms with Gasteiger partial charge in [-0.3, -0.25) is 0 Å². The Morgan fingerprint density at radius 2 is 1.71 bits per heavy atom. The first kappa shape index (κ1) is 13.5. The summed E-state index contributed by atoms with van der Waals surface area (Å²) in [6.07, 6.45) is 1.17. The zero-order valence-electron chi connectivity index (χ0n) is 8.83. The Bertz CT molecular complexity index is 397. The van der Waals surface area contributed by atoms with Gasteiger partial charge in [0.05, 0.1) is 4.90 Å². The summed E-state index contributed by atoms with van der Waals surface area (Å²) < 4.78 is 22.3. The Morgan fingerprint density at radius 1 is 1.21 bits per heavy atom. The molecule has 1 rings (SSSR count). The Hall–Kier alpha value is -0.540. The highest BCUT2D eigenvalue weighted by atomic mass is 35.5. The van der Waals surface area contributed by atoms with E-state index in [-0.39, 0.29) is 0 Å². The minimum atomic E-state index is -3.14. The molecular weight excluding hydrogens is 220 g/mol. The molecule has 0 aliphatic heterocycles. The van der Waals surface area contributed by atoms with Crippen LogP contribution in [0.3, 0.4) is 0 Å². The number of rotatable bonds is 1. The molecule has 4 heteroatoms. The number of benzene rings is 1. The number of hydrogen-bond acceptors (Lipinski definition) is 2. The van der Waals surface area contributed by atoms with Gasteiger partial charge in [-0.1, -0.05) is 31.5 Å². The van der Waals surface area contributed by atoms with E-state index in [1.165, 1.54) is 12.3 Å². The first-order valence-corrected chi connectivity index (χ1v) is 6.64. The van der Waals surface area contributed by atoms with Gasteiger partial charge in [0.25, 0.3) is 0 Å². The molecule has 0 saturated heterocycles. The van der Waals surface area contributed by atoms with Crippen molar-refractivity contribution in [1.82, 2.24) is 0 Å². The summed E-state index contributed by atoms with van der Waals surface area (Å²) >= 11 is 5.66. The van der Waals surface area contributed by atoms with Gasteiger partial charge in [0.2, 0.25) is 0 Å². The van der Waals surface area contributed by atoms with E-state index in [0.717, 1.165) is 5.56 Å². The van der Waals surface area contributed by atoms with E-state index in [4.69, 9.17) is 11.6 Å². The quantitative estimate of drug-likeness (QED) is 0.749. The molecule has 0 atom stereocenters. The lowest BCUT2D eigenvalue weighted by Gasteiger charge is -2.02. The standard InChI is InChI=1S/C8H9ClO2S.C2H6/c1-6-3-4-7(9)5-8(6)12(2,10)11;1-2/h3-5H,1-2H3;1-2H3. The van der Waals surface area contributed by atoms with Crippen LogP contribution >= 0.6 is 11.6 Å². The van der Waals surface area contributed by atoms with Crippen molar-refractivity contribution in [1.29, 1.82) is 0 Å². The number of hydrogen-bond donors (Lipinski definition) is 0. The van der Waals surface area contributed by atoms with Crippen LogP contribution in [0.5, 0.6) is 0 Å². The third-order valence-electron chi connectivity index (χ3n) is 1.55. The molecule has 2 nitrogen and oxygen atoms in total. The lowest BCUT2D eigenvalue weighted by Crippen LogP contribution is -1.99. The summed E-state index contributed by atoms with van der Waals surface area (Å²) in [4.78, 5) is 0.301. The van der Waals surface area contributed by atoms with Gasteiger partial charge in [-0.05, 0) is 24.6 Å². The van der Waals surface area contributed by atoms with Gasteiger partial charge < -0.3 is 0 Å². The van der Waals surface area contributed by atoms with Crippen LogP contribution in [-0.4, -0.2) is 14.7 Å². The summed E-state index contributed by atoms with van der Waals surface area (Å²) in [5, 5.41) is 0.445. The smallest absolute Gasteiger partial charge is 0.175 e. The van der Waals surface area contributed by atoms with Crippen LogP contribution in [-0.2, 0) is 9.84 Å². The Morgan fingerprint density at radius 3 is 2.07 bits per heavy atom. The van der Waals surface area contributed by atoms with Crippen molar-refractivity contribution in [3.8, 4) is 0 Å². The zero-order chi connectivity index (χ0) is 11.4. The van der Waals surface area contributed by atoms with E-state index in [0.29, 0.717) is 9.92 Å². The third kappa shape index (κ3) is 3.68. The molecular formula is C10H15ClO2S. The van der Waals surface area contributed by atoms with E-state index < -0.39 is 9.84 Å². The Kier molecular flexibility index (Phi) is 5.16. The zero-order valence-corrected chi connectivity index (χ0v) is 10.4. The van der Waals surface area contributed by atoms with Crippen molar-refractivity contribution in [3.63, 3.8) is 0 Å². The van der Waals surface area contributed by atoms with Crippen LogP contribution in [0.2, 0.25) is 5.02 Å². The molecule has 0 aromatic heterocycles. The number of aryl methyl sites for hydroxylation is 1. The monoisotopic (exact) mass is 234 g/mol. The summed E-state index contributed by atoms with van der Waals surface area (Å²) in [6.45, 7) is 5.74. The van der Waals surface area contributed by atoms with Gasteiger partial charge in [0.1, 0.15) is 0 Å². The molecule has 0 heterocycles. The van der Waals surface area contributed by atoms with Gasteiger partial charge in [-0.2, -0.15) is 0 Å². The largest absolute Gasteiger partial charge is 0.224 e. The lowest BCUT2D eigenvalue weighted by molar-refractivity contribution is 0.601. The van der Waals surface area contributed by atoms with Crippen LogP contribution in [0.15, 0.2) is 23.1 Å². The van der Waals surface area contributed by atoms with Crippen molar-refractivity contribution in [2.24, 2.45) is 0 Å². The van der Waals surface area contributed by atoms with Crippen LogP contribution in [0.4, 0.5) is 0 Å². The molecule has 1 aromatic carbocycles. The molecule has 0 bridgehead atoms.